The summed E-state index contributed by atoms with van der Waals surface area (Å²) in [6.45, 7) is 28.3. The lowest BCUT2D eigenvalue weighted by atomic mass is 9.55. The van der Waals surface area contributed by atoms with Crippen molar-refractivity contribution in [3.05, 3.63) is 176 Å². The van der Waals surface area contributed by atoms with Crippen molar-refractivity contribution in [3.8, 4) is 34.5 Å². The summed E-state index contributed by atoms with van der Waals surface area (Å²) in [5.74, 6) is -1.66. The fourth-order valence-corrected chi connectivity index (χ4v) is 12.2. The topological polar surface area (TPSA) is 173 Å². The fraction of sp³-hybridized carbons (Fsp3) is 0.466. The third-order valence-corrected chi connectivity index (χ3v) is 17.6. The number of aryl methyl sites for hydroxylation is 3. The lowest BCUT2D eigenvalue weighted by molar-refractivity contribution is -0.120. The van der Waals surface area contributed by atoms with E-state index in [0.717, 1.165) is 39.8 Å². The average molecular weight is 1120 g/mol. The predicted octanol–water partition coefficient (Wildman–Crippen LogP) is 17.9. The zero-order chi connectivity index (χ0) is 60.6. The summed E-state index contributed by atoms with van der Waals surface area (Å²) >= 11 is 0. The molecule has 5 unspecified atom stereocenters. The lowest BCUT2D eigenvalue weighted by Crippen LogP contribution is -2.44. The number of carbonyl (C=O) groups excluding carboxylic acids is 3. The minimum absolute atomic E-state index is 0.0216. The van der Waals surface area contributed by atoms with E-state index in [1.807, 2.05) is 104 Å². The molecule has 0 bridgehead atoms. The molecule has 6 aromatic rings. The highest BCUT2D eigenvalue weighted by atomic mass is 16.3. The fourth-order valence-electron chi connectivity index (χ4n) is 12.2. The first kappa shape index (κ1) is 64.3. The van der Waals surface area contributed by atoms with Crippen molar-refractivity contribution in [2.45, 2.75) is 208 Å². The number of phenols is 6. The SMILES string of the molecule is CCC(C)c1cc(CCC(=O)CC(c2ccc(O)c(C(C)CC)c2)C(CCc2ccc(O)c(C(C)C)c2)(CC(=O)c2ccc(O)c(C(C)C)c2)C(CCCc2ccc(O)c(C(C)(C)C)c2)C(=O)c2ccc(O)c(C(C)(C)C)c2)ccc1O. The number of aromatic hydroxyl groups is 6. The van der Waals surface area contributed by atoms with E-state index < -0.39 is 22.7 Å². The van der Waals surface area contributed by atoms with Crippen LogP contribution in [-0.4, -0.2) is 48.0 Å². The van der Waals surface area contributed by atoms with Gasteiger partial charge < -0.3 is 30.6 Å². The highest BCUT2D eigenvalue weighted by molar-refractivity contribution is 6.01. The Morgan fingerprint density at radius 3 is 1.49 bits per heavy atom. The Hall–Kier alpha value is -6.87. The van der Waals surface area contributed by atoms with Gasteiger partial charge in [0.25, 0.3) is 0 Å². The molecule has 0 spiro atoms. The van der Waals surface area contributed by atoms with E-state index in [1.165, 1.54) is 0 Å². The minimum Gasteiger partial charge on any atom is -0.508 e. The van der Waals surface area contributed by atoms with Gasteiger partial charge in [-0.25, -0.2) is 0 Å². The van der Waals surface area contributed by atoms with E-state index >= 15 is 14.4 Å². The maximum absolute atomic E-state index is 16.7. The quantitative estimate of drug-likeness (QED) is 0.0289. The molecule has 9 nitrogen and oxygen atoms in total. The van der Waals surface area contributed by atoms with Crippen molar-refractivity contribution in [1.29, 1.82) is 0 Å². The van der Waals surface area contributed by atoms with Gasteiger partial charge in [-0.3, -0.25) is 14.4 Å². The average Bonchev–Trinajstić information content (AvgIpc) is 1.85. The lowest BCUT2D eigenvalue weighted by Gasteiger charge is -2.47. The molecule has 6 aromatic carbocycles. The summed E-state index contributed by atoms with van der Waals surface area (Å²) < 4.78 is 0. The monoisotopic (exact) mass is 1110 g/mol. The summed E-state index contributed by atoms with van der Waals surface area (Å²) in [6.07, 6.45) is 3.67. The van der Waals surface area contributed by atoms with Gasteiger partial charge in [-0.1, -0.05) is 145 Å². The van der Waals surface area contributed by atoms with Crippen LogP contribution in [0.1, 0.15) is 254 Å². The minimum atomic E-state index is -1.37. The number of benzene rings is 6. The van der Waals surface area contributed by atoms with Crippen molar-refractivity contribution < 1.29 is 45.0 Å². The van der Waals surface area contributed by atoms with Crippen LogP contribution in [0.2, 0.25) is 0 Å². The van der Waals surface area contributed by atoms with Crippen molar-refractivity contribution >= 4 is 17.3 Å². The van der Waals surface area contributed by atoms with Crippen LogP contribution in [0.4, 0.5) is 0 Å². The molecule has 6 N–H and O–H groups in total. The predicted molar refractivity (Wildman–Crippen MR) is 333 cm³/mol. The van der Waals surface area contributed by atoms with Gasteiger partial charge in [0, 0.05) is 36.3 Å². The second-order valence-electron chi connectivity index (χ2n) is 26.3. The first-order chi connectivity index (χ1) is 38.5. The first-order valence-electron chi connectivity index (χ1n) is 30.0. The molecule has 0 heterocycles. The number of phenolic OH excluding ortho intramolecular Hbond substituents is 6. The molecule has 0 aliphatic carbocycles. The molecule has 440 valence electrons. The first-order valence-corrected chi connectivity index (χ1v) is 30.0. The zero-order valence-corrected chi connectivity index (χ0v) is 51.5. The van der Waals surface area contributed by atoms with Gasteiger partial charge in [0.15, 0.2) is 11.6 Å². The smallest absolute Gasteiger partial charge is 0.166 e. The Kier molecular flexibility index (Phi) is 21.2. The van der Waals surface area contributed by atoms with Crippen molar-refractivity contribution in [2.24, 2.45) is 11.3 Å². The molecule has 0 saturated heterocycles. The molecule has 82 heavy (non-hydrogen) atoms. The molecule has 5 atom stereocenters. The summed E-state index contributed by atoms with van der Waals surface area (Å²) in [6, 6.07) is 32.3. The normalized spacial score (nSPS) is 14.3. The Morgan fingerprint density at radius 1 is 0.476 bits per heavy atom. The molecule has 6 rings (SSSR count). The van der Waals surface area contributed by atoms with Crippen LogP contribution in [0, 0.1) is 11.3 Å². The van der Waals surface area contributed by atoms with E-state index in [1.54, 1.807) is 60.7 Å². The highest BCUT2D eigenvalue weighted by Crippen LogP contribution is 2.55. The van der Waals surface area contributed by atoms with Crippen LogP contribution in [-0.2, 0) is 34.9 Å². The van der Waals surface area contributed by atoms with Crippen LogP contribution in [0.5, 0.6) is 34.5 Å². The van der Waals surface area contributed by atoms with Crippen LogP contribution in [0.25, 0.3) is 0 Å². The Morgan fingerprint density at radius 2 is 0.927 bits per heavy atom. The summed E-state index contributed by atoms with van der Waals surface area (Å²) in [7, 11) is 0. The van der Waals surface area contributed by atoms with Gasteiger partial charge >= 0.3 is 0 Å². The van der Waals surface area contributed by atoms with E-state index in [-0.39, 0.29) is 113 Å². The van der Waals surface area contributed by atoms with Gasteiger partial charge in [-0.05, 0) is 213 Å². The number of carbonyl (C=O) groups is 3. The third kappa shape index (κ3) is 15.4. The maximum atomic E-state index is 16.7. The molecule has 9 heteroatoms. The number of ketones is 3. The standard InChI is InChI=1S/C73H94O9/c1-15-46(7)57-37-49(21-29-65(57)77)20-27-54(74)42-60(51-24-31-66(78)58(39-51)47(8)16-2)73(35-34-50-22-28-63(75)55(36-50)44(3)4,43-69(81)52-25-32-64(76)56(40-52)45(5)6)59(70(82)53-26-33-68(80)62(41-53)72(12,13)14)19-17-18-48-23-30-67(79)61(38-48)71(9,10)11/h21-26,28-33,36-41,44-47,59-60,75-80H,15-20,27,34-35,42-43H2,1-14H3. The van der Waals surface area contributed by atoms with Gasteiger partial charge in [0.2, 0.25) is 0 Å². The van der Waals surface area contributed by atoms with Gasteiger partial charge in [-0.15, -0.1) is 0 Å². The number of Topliss-reactive ketones (excluding diaryl/α,β-unsaturated/α-hetero) is 3. The Labute approximate surface area is 489 Å². The van der Waals surface area contributed by atoms with Crippen molar-refractivity contribution in [2.75, 3.05) is 0 Å². The van der Waals surface area contributed by atoms with Crippen LogP contribution >= 0.6 is 0 Å². The molecule has 0 aliphatic heterocycles. The van der Waals surface area contributed by atoms with Crippen LogP contribution in [0.3, 0.4) is 0 Å². The molecule has 0 saturated carbocycles. The maximum Gasteiger partial charge on any atom is 0.166 e. The number of hydrogen-bond acceptors (Lipinski definition) is 9. The molecule has 0 fully saturated rings. The van der Waals surface area contributed by atoms with Gasteiger partial charge in [0.05, 0.1) is 0 Å². The van der Waals surface area contributed by atoms with Gasteiger partial charge in [-0.2, -0.15) is 0 Å². The third-order valence-electron chi connectivity index (χ3n) is 17.6. The van der Waals surface area contributed by atoms with E-state index in [2.05, 4.69) is 41.5 Å². The molecular weight excluding hydrogens is 1020 g/mol. The largest absolute Gasteiger partial charge is 0.508 e. The Bertz CT molecular complexity index is 3200. The van der Waals surface area contributed by atoms with Crippen molar-refractivity contribution in [3.63, 3.8) is 0 Å². The highest BCUT2D eigenvalue weighted by Gasteiger charge is 2.51. The van der Waals surface area contributed by atoms with E-state index in [4.69, 9.17) is 0 Å². The van der Waals surface area contributed by atoms with Gasteiger partial charge in [0.1, 0.15) is 40.3 Å². The second kappa shape index (κ2) is 27.0. The molecular formula is C73H94O9. The summed E-state index contributed by atoms with van der Waals surface area (Å²) in [4.78, 5) is 48.2. The molecule has 0 radical (unpaired) electrons. The summed E-state index contributed by atoms with van der Waals surface area (Å²) in [5.41, 5.74) is 6.17. The van der Waals surface area contributed by atoms with E-state index in [0.29, 0.717) is 65.5 Å². The molecule has 0 aliphatic rings. The number of hydrogen-bond donors (Lipinski definition) is 6. The second-order valence-corrected chi connectivity index (χ2v) is 26.3. The molecule has 0 aromatic heterocycles. The van der Waals surface area contributed by atoms with Crippen LogP contribution < -0.4 is 0 Å². The van der Waals surface area contributed by atoms with Crippen LogP contribution in [0.15, 0.2) is 109 Å². The molecule has 0 amide bonds. The number of rotatable bonds is 26. The Balaban J connectivity index is 1.71. The zero-order valence-electron chi connectivity index (χ0n) is 51.5. The van der Waals surface area contributed by atoms with Crippen molar-refractivity contribution in [1.82, 2.24) is 0 Å². The summed E-state index contributed by atoms with van der Waals surface area (Å²) in [5, 5.41) is 67.3. The van der Waals surface area contributed by atoms with E-state index in [9.17, 15) is 30.6 Å².